The first-order chi connectivity index (χ1) is 25.2. The average Bonchev–Trinajstić information content (AvgIpc) is 3.85. The monoisotopic (exact) mass is 647 g/mol. The van der Waals surface area contributed by atoms with E-state index in [0.717, 1.165) is 61.3 Å². The van der Waals surface area contributed by atoms with Crippen molar-refractivity contribution in [3.8, 4) is 45.8 Å². The molecule has 0 unspecified atom stereocenters. The highest BCUT2D eigenvalue weighted by atomic mass is 15.0. The fourth-order valence-electron chi connectivity index (χ4n) is 8.28. The molecule has 5 heteroatoms. The third-order valence-corrected chi connectivity index (χ3v) is 10.4. The first-order valence-corrected chi connectivity index (χ1v) is 16.8. The van der Waals surface area contributed by atoms with Crippen molar-refractivity contribution in [2.45, 2.75) is 6.42 Å². The highest BCUT2D eigenvalue weighted by molar-refractivity contribution is 6.15. The lowest BCUT2D eigenvalue weighted by molar-refractivity contribution is 1.16. The topological polar surface area (TPSA) is 61.8 Å². The molecule has 0 radical (unpaired) electrons. The van der Waals surface area contributed by atoms with E-state index in [1.807, 2.05) is 60.7 Å². The number of hydrogen-bond acceptors (Lipinski definition) is 2. The van der Waals surface area contributed by atoms with Crippen LogP contribution in [0.4, 0.5) is 5.69 Å². The molecule has 7 aromatic carbocycles. The second kappa shape index (κ2) is 10.8. The van der Waals surface area contributed by atoms with Crippen LogP contribution in [0.1, 0.15) is 22.3 Å². The number of aromatic nitrogens is 2. The molecule has 0 saturated heterocycles. The number of nitriles is 2. The van der Waals surface area contributed by atoms with E-state index >= 15 is 0 Å². The van der Waals surface area contributed by atoms with Gasteiger partial charge in [0, 0.05) is 43.9 Å². The molecule has 2 aromatic heterocycles. The summed E-state index contributed by atoms with van der Waals surface area (Å²) in [5.41, 5.74) is 13.2. The van der Waals surface area contributed by atoms with Crippen LogP contribution in [0.25, 0.3) is 82.1 Å². The minimum atomic E-state index is 0.445. The SMILES string of the molecule is [C-]#[N+]c1ccc(-c2cc(C#N)c(-n3c4ccccc4c4ccc5c(c43)-c3ccccc3C5)cc2C#N)c(-n2c3ccccc3c3ccccc32)c1. The van der Waals surface area contributed by atoms with E-state index in [0.29, 0.717) is 28.1 Å². The normalized spacial score (nSPS) is 11.8. The molecule has 10 rings (SSSR count). The summed E-state index contributed by atoms with van der Waals surface area (Å²) in [5, 5.41) is 26.1. The fourth-order valence-corrected chi connectivity index (χ4v) is 8.28. The van der Waals surface area contributed by atoms with E-state index in [9.17, 15) is 10.5 Å². The van der Waals surface area contributed by atoms with Gasteiger partial charge >= 0.3 is 0 Å². The molecular formula is C46H25N5. The van der Waals surface area contributed by atoms with Gasteiger partial charge in [0.25, 0.3) is 0 Å². The van der Waals surface area contributed by atoms with Crippen molar-refractivity contribution in [3.05, 3.63) is 173 Å². The Kier molecular flexibility index (Phi) is 6.06. The predicted molar refractivity (Wildman–Crippen MR) is 204 cm³/mol. The minimum Gasteiger partial charge on any atom is -0.310 e. The molecule has 0 spiro atoms. The Bertz CT molecular complexity index is 3040. The Labute approximate surface area is 293 Å². The summed E-state index contributed by atoms with van der Waals surface area (Å²) in [6.45, 7) is 7.86. The van der Waals surface area contributed by atoms with Crippen molar-refractivity contribution in [1.29, 1.82) is 10.5 Å². The van der Waals surface area contributed by atoms with Crippen LogP contribution in [-0.2, 0) is 6.42 Å². The van der Waals surface area contributed by atoms with Crippen molar-refractivity contribution in [1.82, 2.24) is 9.13 Å². The van der Waals surface area contributed by atoms with Gasteiger partial charge in [-0.3, -0.25) is 0 Å². The molecule has 2 heterocycles. The standard InChI is InChI=1S/C46H25N5/c1-49-32-19-21-37(44(25-32)50-40-15-7-4-12-34(40)35-13-5-8-16-41(35)50)39-23-31(27-48)43(24-30(39)26-47)51-42-17-9-6-14-36(42)38-20-18-29-22-28-10-2-3-11-33(28)45(29)46(38)51/h2-21,23-25H,22H2. The summed E-state index contributed by atoms with van der Waals surface area (Å²) in [5.74, 6) is 0. The lowest BCUT2D eigenvalue weighted by Crippen LogP contribution is -2.03. The van der Waals surface area contributed by atoms with Crippen molar-refractivity contribution >= 4 is 49.3 Å². The number of hydrogen-bond donors (Lipinski definition) is 0. The molecule has 0 fully saturated rings. The summed E-state index contributed by atoms with van der Waals surface area (Å²) >= 11 is 0. The van der Waals surface area contributed by atoms with Crippen LogP contribution in [0.15, 0.2) is 140 Å². The third-order valence-electron chi connectivity index (χ3n) is 10.4. The van der Waals surface area contributed by atoms with Crippen molar-refractivity contribution in [3.63, 3.8) is 0 Å². The van der Waals surface area contributed by atoms with Crippen LogP contribution >= 0.6 is 0 Å². The smallest absolute Gasteiger partial charge is 0.189 e. The van der Waals surface area contributed by atoms with E-state index in [-0.39, 0.29) is 0 Å². The Balaban J connectivity index is 1.28. The van der Waals surface area contributed by atoms with Gasteiger partial charge in [-0.05, 0) is 59.5 Å². The van der Waals surface area contributed by atoms with Crippen LogP contribution in [0, 0.1) is 29.2 Å². The lowest BCUT2D eigenvalue weighted by atomic mass is 9.94. The zero-order valence-electron chi connectivity index (χ0n) is 27.2. The minimum absolute atomic E-state index is 0.445. The number of benzene rings is 7. The molecule has 5 nitrogen and oxygen atoms in total. The highest BCUT2D eigenvalue weighted by Crippen LogP contribution is 2.46. The molecule has 234 valence electrons. The van der Waals surface area contributed by atoms with Gasteiger partial charge in [-0.1, -0.05) is 103 Å². The molecule has 0 aliphatic heterocycles. The van der Waals surface area contributed by atoms with E-state index in [4.69, 9.17) is 6.57 Å². The summed E-state index contributed by atoms with van der Waals surface area (Å²) in [7, 11) is 0. The lowest BCUT2D eigenvalue weighted by Gasteiger charge is -2.18. The van der Waals surface area contributed by atoms with Crippen LogP contribution in [0.2, 0.25) is 0 Å². The molecule has 0 amide bonds. The molecule has 9 aromatic rings. The molecule has 0 saturated carbocycles. The largest absolute Gasteiger partial charge is 0.310 e. The zero-order valence-corrected chi connectivity index (χ0v) is 27.2. The van der Waals surface area contributed by atoms with Crippen LogP contribution < -0.4 is 0 Å². The van der Waals surface area contributed by atoms with Crippen LogP contribution in [0.3, 0.4) is 0 Å². The van der Waals surface area contributed by atoms with Crippen molar-refractivity contribution in [2.75, 3.05) is 0 Å². The quantitative estimate of drug-likeness (QED) is 0.179. The van der Waals surface area contributed by atoms with Gasteiger partial charge in [-0.15, -0.1) is 0 Å². The first-order valence-electron chi connectivity index (χ1n) is 16.8. The summed E-state index contributed by atoms with van der Waals surface area (Å²) < 4.78 is 4.36. The van der Waals surface area contributed by atoms with Crippen molar-refractivity contribution in [2.24, 2.45) is 0 Å². The van der Waals surface area contributed by atoms with Gasteiger partial charge in [-0.2, -0.15) is 10.5 Å². The second-order valence-corrected chi connectivity index (χ2v) is 13.0. The van der Waals surface area contributed by atoms with Gasteiger partial charge in [0.2, 0.25) is 0 Å². The summed E-state index contributed by atoms with van der Waals surface area (Å²) in [4.78, 5) is 3.78. The summed E-state index contributed by atoms with van der Waals surface area (Å²) in [6.07, 6.45) is 0.850. The van der Waals surface area contributed by atoms with Gasteiger partial charge in [0.1, 0.15) is 6.07 Å². The third kappa shape index (κ3) is 4.00. The van der Waals surface area contributed by atoms with Gasteiger partial charge in [-0.25, -0.2) is 4.85 Å². The molecule has 1 aliphatic rings. The highest BCUT2D eigenvalue weighted by Gasteiger charge is 2.27. The fraction of sp³-hybridized carbons (Fsp3) is 0.0217. The van der Waals surface area contributed by atoms with E-state index in [2.05, 4.69) is 98.9 Å². The number of nitrogens with zero attached hydrogens (tertiary/aromatic N) is 5. The average molecular weight is 648 g/mol. The van der Waals surface area contributed by atoms with Crippen molar-refractivity contribution < 1.29 is 0 Å². The van der Waals surface area contributed by atoms with E-state index in [1.165, 1.54) is 22.3 Å². The van der Waals surface area contributed by atoms with Crippen LogP contribution in [0.5, 0.6) is 0 Å². The summed E-state index contributed by atoms with van der Waals surface area (Å²) in [6, 6.07) is 52.0. The molecule has 1 aliphatic carbocycles. The molecule has 51 heavy (non-hydrogen) atoms. The molecule has 0 bridgehead atoms. The maximum atomic E-state index is 10.9. The number of fused-ring (bicyclic) bond motifs is 10. The maximum Gasteiger partial charge on any atom is 0.189 e. The molecule has 0 N–H and O–H groups in total. The van der Waals surface area contributed by atoms with E-state index in [1.54, 1.807) is 6.07 Å². The number of rotatable bonds is 3. The van der Waals surface area contributed by atoms with Gasteiger partial charge in [0.05, 0.1) is 51.5 Å². The Morgan fingerprint density at radius 3 is 1.82 bits per heavy atom. The first kappa shape index (κ1) is 28.6. The maximum absolute atomic E-state index is 10.9. The molecular weight excluding hydrogens is 623 g/mol. The van der Waals surface area contributed by atoms with Gasteiger partial charge in [0.15, 0.2) is 5.69 Å². The Morgan fingerprint density at radius 1 is 0.510 bits per heavy atom. The molecule has 0 atom stereocenters. The zero-order chi connectivity index (χ0) is 34.2. The Hall–Kier alpha value is -7.39. The second-order valence-electron chi connectivity index (χ2n) is 13.0. The van der Waals surface area contributed by atoms with E-state index < -0.39 is 0 Å². The van der Waals surface area contributed by atoms with Gasteiger partial charge < -0.3 is 9.13 Å². The number of para-hydroxylation sites is 3. The van der Waals surface area contributed by atoms with Crippen LogP contribution in [-0.4, -0.2) is 9.13 Å². The predicted octanol–water partition coefficient (Wildman–Crippen LogP) is 11.4. The Morgan fingerprint density at radius 2 is 1.14 bits per heavy atom.